The number of hydrogen-bond acceptors (Lipinski definition) is 3. The predicted octanol–water partition coefficient (Wildman–Crippen LogP) is 1.68. The van der Waals surface area contributed by atoms with E-state index < -0.39 is 10.0 Å². The molecule has 0 radical (unpaired) electrons. The molecule has 0 aromatic carbocycles. The van der Waals surface area contributed by atoms with Crippen LogP contribution < -0.4 is 4.72 Å². The molecule has 0 saturated heterocycles. The maximum atomic E-state index is 11.1. The Bertz CT molecular complexity index is 219. The molecule has 0 rings (SSSR count). The Kier molecular flexibility index (Phi) is 9.17. The molecule has 6 heteroatoms. The van der Waals surface area contributed by atoms with Crippen molar-refractivity contribution in [2.75, 3.05) is 30.2 Å². The van der Waals surface area contributed by atoms with Crippen molar-refractivity contribution in [3.05, 3.63) is 0 Å². The van der Waals surface area contributed by atoms with Gasteiger partial charge in [-0.1, -0.05) is 6.42 Å². The molecule has 0 heterocycles. The first-order chi connectivity index (χ1) is 6.62. The van der Waals surface area contributed by atoms with Gasteiger partial charge in [0, 0.05) is 12.4 Å². The average molecular weight is 260 g/mol. The molecular formula is C8H18ClNO2S2. The number of thioether (sulfide) groups is 1. The lowest BCUT2D eigenvalue weighted by Gasteiger charge is -2.04. The maximum absolute atomic E-state index is 11.1. The summed E-state index contributed by atoms with van der Waals surface area (Å²) in [6, 6.07) is 0. The lowest BCUT2D eigenvalue weighted by Crippen LogP contribution is -2.27. The average Bonchev–Trinajstić information content (AvgIpc) is 2.11. The van der Waals surface area contributed by atoms with Crippen LogP contribution in [0.4, 0.5) is 0 Å². The first-order valence-electron chi connectivity index (χ1n) is 4.64. The molecule has 0 spiro atoms. The lowest BCUT2D eigenvalue weighted by molar-refractivity contribution is 0.577. The zero-order chi connectivity index (χ0) is 10.9. The predicted molar refractivity (Wildman–Crippen MR) is 64.7 cm³/mol. The molecule has 0 aliphatic rings. The Balaban J connectivity index is 3.35. The Morgan fingerprint density at radius 2 is 2.00 bits per heavy atom. The number of halogens is 1. The van der Waals surface area contributed by atoms with E-state index >= 15 is 0 Å². The number of rotatable bonds is 9. The fourth-order valence-corrected chi connectivity index (χ4v) is 2.85. The van der Waals surface area contributed by atoms with Gasteiger partial charge in [-0.15, -0.1) is 11.6 Å². The molecule has 0 atom stereocenters. The monoisotopic (exact) mass is 259 g/mol. The molecule has 0 unspecified atom stereocenters. The fourth-order valence-electron chi connectivity index (χ4n) is 0.950. The summed E-state index contributed by atoms with van der Waals surface area (Å²) in [5.74, 6) is 1.32. The van der Waals surface area contributed by atoms with E-state index in [0.29, 0.717) is 6.54 Å². The van der Waals surface area contributed by atoms with Crippen LogP contribution in [-0.2, 0) is 10.0 Å². The Morgan fingerprint density at radius 1 is 1.29 bits per heavy atom. The fraction of sp³-hybridized carbons (Fsp3) is 1.00. The second kappa shape index (κ2) is 8.83. The molecule has 0 bridgehead atoms. The summed E-state index contributed by atoms with van der Waals surface area (Å²) in [6.45, 7) is 0.535. The molecule has 0 aliphatic carbocycles. The molecule has 86 valence electrons. The molecular weight excluding hydrogens is 242 g/mol. The van der Waals surface area contributed by atoms with Gasteiger partial charge in [0.25, 0.3) is 0 Å². The van der Waals surface area contributed by atoms with Gasteiger partial charge in [-0.3, -0.25) is 0 Å². The zero-order valence-corrected chi connectivity index (χ0v) is 10.8. The highest BCUT2D eigenvalue weighted by molar-refractivity contribution is 7.98. The highest BCUT2D eigenvalue weighted by Gasteiger charge is 2.06. The standard InChI is InChI=1S/C8H18ClNO2S2/c1-13-7-4-2-3-6-10-14(11,12)8-5-9/h10H,2-8H2,1H3. The number of unbranched alkanes of at least 4 members (excludes halogenated alkanes) is 2. The van der Waals surface area contributed by atoms with Gasteiger partial charge in [0.05, 0.1) is 5.75 Å². The Morgan fingerprint density at radius 3 is 2.57 bits per heavy atom. The minimum Gasteiger partial charge on any atom is -0.215 e. The van der Waals surface area contributed by atoms with E-state index in [1.807, 2.05) is 11.8 Å². The summed E-state index contributed by atoms with van der Waals surface area (Å²) >= 11 is 7.16. The van der Waals surface area contributed by atoms with E-state index in [1.54, 1.807) is 0 Å². The van der Waals surface area contributed by atoms with E-state index in [2.05, 4.69) is 11.0 Å². The van der Waals surface area contributed by atoms with Crippen LogP contribution >= 0.6 is 23.4 Å². The summed E-state index contributed by atoms with van der Waals surface area (Å²) in [5.41, 5.74) is 0. The Hall–Kier alpha value is 0.550. The molecule has 0 fully saturated rings. The largest absolute Gasteiger partial charge is 0.215 e. The number of sulfonamides is 1. The van der Waals surface area contributed by atoms with E-state index in [1.165, 1.54) is 0 Å². The number of hydrogen-bond donors (Lipinski definition) is 1. The van der Waals surface area contributed by atoms with Crippen LogP contribution in [0.3, 0.4) is 0 Å². The maximum Gasteiger partial charge on any atom is 0.212 e. The van der Waals surface area contributed by atoms with Crippen molar-refractivity contribution in [3.8, 4) is 0 Å². The first-order valence-corrected chi connectivity index (χ1v) is 8.22. The van der Waals surface area contributed by atoms with Gasteiger partial charge in [-0.05, 0) is 24.9 Å². The minimum atomic E-state index is -3.11. The summed E-state index contributed by atoms with van der Waals surface area (Å²) in [7, 11) is -3.11. The molecule has 0 aromatic heterocycles. The quantitative estimate of drug-likeness (QED) is 0.506. The molecule has 14 heavy (non-hydrogen) atoms. The van der Waals surface area contributed by atoms with Gasteiger partial charge in [-0.25, -0.2) is 13.1 Å². The second-order valence-electron chi connectivity index (χ2n) is 2.96. The summed E-state index contributed by atoms with van der Waals surface area (Å²) in [4.78, 5) is 0. The van der Waals surface area contributed by atoms with Gasteiger partial charge >= 0.3 is 0 Å². The summed E-state index contributed by atoms with van der Waals surface area (Å²) in [5, 5.41) is 0. The normalized spacial score (nSPS) is 11.9. The minimum absolute atomic E-state index is 0.0133. The van der Waals surface area contributed by atoms with Crippen LogP contribution in [0.15, 0.2) is 0 Å². The van der Waals surface area contributed by atoms with Gasteiger partial charge in [0.15, 0.2) is 0 Å². The Labute approximate surface area is 96.0 Å². The van der Waals surface area contributed by atoms with Crippen molar-refractivity contribution in [3.63, 3.8) is 0 Å². The molecule has 0 saturated carbocycles. The van der Waals surface area contributed by atoms with Crippen molar-refractivity contribution >= 4 is 33.4 Å². The topological polar surface area (TPSA) is 46.2 Å². The second-order valence-corrected chi connectivity index (χ2v) is 6.25. The molecule has 1 N–H and O–H groups in total. The highest BCUT2D eigenvalue weighted by atomic mass is 35.5. The van der Waals surface area contributed by atoms with Crippen molar-refractivity contribution in [2.24, 2.45) is 0 Å². The van der Waals surface area contributed by atoms with Crippen LogP contribution in [-0.4, -0.2) is 38.6 Å². The summed E-state index contributed by atoms with van der Waals surface area (Å²) < 4.78 is 24.8. The lowest BCUT2D eigenvalue weighted by atomic mass is 10.2. The molecule has 0 amide bonds. The molecule has 0 aliphatic heterocycles. The van der Waals surface area contributed by atoms with Crippen LogP contribution in [0, 0.1) is 0 Å². The first kappa shape index (κ1) is 14.6. The summed E-state index contributed by atoms with van der Waals surface area (Å²) in [6.07, 6.45) is 5.20. The number of alkyl halides is 1. The SMILES string of the molecule is CSCCCCCNS(=O)(=O)CCCl. The zero-order valence-electron chi connectivity index (χ0n) is 8.46. The van der Waals surface area contributed by atoms with Crippen LogP contribution in [0.1, 0.15) is 19.3 Å². The van der Waals surface area contributed by atoms with Crippen molar-refractivity contribution in [1.29, 1.82) is 0 Å². The third kappa shape index (κ3) is 9.12. The van der Waals surface area contributed by atoms with Gasteiger partial charge in [0.1, 0.15) is 0 Å². The van der Waals surface area contributed by atoms with Gasteiger partial charge in [0.2, 0.25) is 10.0 Å². The van der Waals surface area contributed by atoms with Crippen molar-refractivity contribution in [1.82, 2.24) is 4.72 Å². The van der Waals surface area contributed by atoms with Gasteiger partial charge < -0.3 is 0 Å². The smallest absolute Gasteiger partial charge is 0.212 e. The molecule has 3 nitrogen and oxygen atoms in total. The van der Waals surface area contributed by atoms with Crippen LogP contribution in [0.25, 0.3) is 0 Å². The van der Waals surface area contributed by atoms with E-state index in [-0.39, 0.29) is 11.6 Å². The van der Waals surface area contributed by atoms with Crippen LogP contribution in [0.5, 0.6) is 0 Å². The van der Waals surface area contributed by atoms with Crippen molar-refractivity contribution in [2.45, 2.75) is 19.3 Å². The third-order valence-corrected chi connectivity index (χ3v) is 4.19. The van der Waals surface area contributed by atoms with Crippen molar-refractivity contribution < 1.29 is 8.42 Å². The third-order valence-electron chi connectivity index (χ3n) is 1.69. The number of nitrogens with one attached hydrogen (secondary N) is 1. The van der Waals surface area contributed by atoms with E-state index in [4.69, 9.17) is 11.6 Å². The molecule has 0 aromatic rings. The van der Waals surface area contributed by atoms with Crippen LogP contribution in [0.2, 0.25) is 0 Å². The van der Waals surface area contributed by atoms with E-state index in [0.717, 1.165) is 25.0 Å². The highest BCUT2D eigenvalue weighted by Crippen LogP contribution is 2.01. The van der Waals surface area contributed by atoms with Gasteiger partial charge in [-0.2, -0.15) is 11.8 Å². The van der Waals surface area contributed by atoms with E-state index in [9.17, 15) is 8.42 Å².